The van der Waals surface area contributed by atoms with Crippen molar-refractivity contribution >= 4 is 10.1 Å². The van der Waals surface area contributed by atoms with E-state index < -0.39 is 21.4 Å². The fourth-order valence-electron chi connectivity index (χ4n) is 1.56. The molecule has 0 unspecified atom stereocenters. The third-order valence-electron chi connectivity index (χ3n) is 2.34. The van der Waals surface area contributed by atoms with Gasteiger partial charge in [0.15, 0.2) is 0 Å². The maximum absolute atomic E-state index is 10.7. The minimum Gasteiger partial charge on any atom is -0.324 e. The van der Waals surface area contributed by atoms with Crippen molar-refractivity contribution in [2.75, 3.05) is 5.75 Å². The Labute approximate surface area is 96.2 Å². The first-order chi connectivity index (χ1) is 7.29. The summed E-state index contributed by atoms with van der Waals surface area (Å²) in [5, 5.41) is 0. The van der Waals surface area contributed by atoms with E-state index in [9.17, 15) is 8.42 Å². The van der Waals surface area contributed by atoms with Gasteiger partial charge in [0, 0.05) is 5.54 Å². The number of hydrogen-bond donors (Lipinski definition) is 2. The van der Waals surface area contributed by atoms with Crippen LogP contribution in [-0.2, 0) is 16.5 Å². The molecule has 1 rings (SSSR count). The second-order valence-corrected chi connectivity index (χ2v) is 5.82. The fourth-order valence-corrected chi connectivity index (χ4v) is 2.54. The van der Waals surface area contributed by atoms with Crippen LogP contribution in [0.1, 0.15) is 18.9 Å². The molecule has 0 aromatic heterocycles. The van der Waals surface area contributed by atoms with Crippen LogP contribution >= 0.6 is 0 Å². The van der Waals surface area contributed by atoms with Gasteiger partial charge in [0.05, 0.1) is 5.75 Å². The number of hydrogen-bond acceptors (Lipinski definition) is 3. The first-order valence-corrected chi connectivity index (χ1v) is 6.67. The van der Waals surface area contributed by atoms with Crippen molar-refractivity contribution in [2.24, 2.45) is 5.73 Å². The topological polar surface area (TPSA) is 80.4 Å². The zero-order valence-electron chi connectivity index (χ0n) is 9.26. The standard InChI is InChI=1S/C11H17NO3S/c1-11(12,9-16(13,14)15)8-7-10-5-3-2-4-6-10/h2-6H,7-9,12H2,1H3,(H,13,14,15)/t11-/m1/s1. The zero-order valence-corrected chi connectivity index (χ0v) is 10.1. The molecule has 16 heavy (non-hydrogen) atoms. The summed E-state index contributed by atoms with van der Waals surface area (Å²) in [5.74, 6) is -0.410. The van der Waals surface area contributed by atoms with E-state index in [0.29, 0.717) is 12.8 Å². The minimum atomic E-state index is -4.01. The van der Waals surface area contributed by atoms with Gasteiger partial charge in [-0.2, -0.15) is 8.42 Å². The molecule has 0 saturated heterocycles. The summed E-state index contributed by atoms with van der Waals surface area (Å²) < 4.78 is 30.2. The molecular formula is C11H17NO3S. The Hall–Kier alpha value is -0.910. The van der Waals surface area contributed by atoms with Gasteiger partial charge in [-0.3, -0.25) is 4.55 Å². The third kappa shape index (κ3) is 5.25. The monoisotopic (exact) mass is 243 g/mol. The number of aryl methyl sites for hydroxylation is 1. The molecule has 90 valence electrons. The Kier molecular flexibility index (Phi) is 4.07. The lowest BCUT2D eigenvalue weighted by molar-refractivity contribution is 0.431. The molecule has 0 bridgehead atoms. The van der Waals surface area contributed by atoms with Crippen molar-refractivity contribution in [3.63, 3.8) is 0 Å². The molecule has 0 spiro atoms. The summed E-state index contributed by atoms with van der Waals surface area (Å²) >= 11 is 0. The third-order valence-corrected chi connectivity index (χ3v) is 3.36. The van der Waals surface area contributed by atoms with E-state index in [2.05, 4.69) is 0 Å². The molecule has 0 fully saturated rings. The van der Waals surface area contributed by atoms with E-state index in [0.717, 1.165) is 5.56 Å². The van der Waals surface area contributed by atoms with E-state index >= 15 is 0 Å². The van der Waals surface area contributed by atoms with E-state index in [1.807, 2.05) is 30.3 Å². The second kappa shape index (κ2) is 4.95. The van der Waals surface area contributed by atoms with Crippen LogP contribution in [0.2, 0.25) is 0 Å². The van der Waals surface area contributed by atoms with Crippen LogP contribution in [0, 0.1) is 0 Å². The summed E-state index contributed by atoms with van der Waals surface area (Å²) in [5.41, 5.74) is 6.02. The van der Waals surface area contributed by atoms with Crippen LogP contribution < -0.4 is 5.73 Å². The Morgan fingerprint density at radius 1 is 1.31 bits per heavy atom. The SMILES string of the molecule is C[C@@](N)(CCc1ccccc1)CS(=O)(=O)O. The van der Waals surface area contributed by atoms with Crippen LogP contribution in [0.25, 0.3) is 0 Å². The Morgan fingerprint density at radius 2 is 1.88 bits per heavy atom. The highest BCUT2D eigenvalue weighted by Gasteiger charge is 2.24. The van der Waals surface area contributed by atoms with Crippen molar-refractivity contribution in [3.8, 4) is 0 Å². The van der Waals surface area contributed by atoms with Gasteiger partial charge in [-0.15, -0.1) is 0 Å². The molecular weight excluding hydrogens is 226 g/mol. The Morgan fingerprint density at radius 3 is 2.38 bits per heavy atom. The van der Waals surface area contributed by atoms with Gasteiger partial charge in [-0.1, -0.05) is 30.3 Å². The maximum atomic E-state index is 10.7. The van der Waals surface area contributed by atoms with E-state index in [1.54, 1.807) is 6.92 Å². The van der Waals surface area contributed by atoms with Gasteiger partial charge in [0.2, 0.25) is 0 Å². The molecule has 3 N–H and O–H groups in total. The second-order valence-electron chi connectivity index (χ2n) is 4.37. The number of benzene rings is 1. The lowest BCUT2D eigenvalue weighted by atomic mass is 9.96. The highest BCUT2D eigenvalue weighted by atomic mass is 32.2. The molecule has 0 amide bonds. The lowest BCUT2D eigenvalue weighted by Gasteiger charge is -2.22. The molecule has 4 nitrogen and oxygen atoms in total. The average Bonchev–Trinajstić information content (AvgIpc) is 2.13. The first kappa shape index (κ1) is 13.2. The highest BCUT2D eigenvalue weighted by molar-refractivity contribution is 7.85. The fraction of sp³-hybridized carbons (Fsp3) is 0.455. The quantitative estimate of drug-likeness (QED) is 0.762. The van der Waals surface area contributed by atoms with Crippen molar-refractivity contribution in [2.45, 2.75) is 25.3 Å². The first-order valence-electron chi connectivity index (χ1n) is 5.06. The van der Waals surface area contributed by atoms with Crippen LogP contribution in [0.5, 0.6) is 0 Å². The molecule has 0 aliphatic carbocycles. The van der Waals surface area contributed by atoms with Crippen LogP contribution in [0.15, 0.2) is 30.3 Å². The molecule has 0 aliphatic rings. The normalized spacial score (nSPS) is 15.7. The van der Waals surface area contributed by atoms with E-state index in [-0.39, 0.29) is 0 Å². The number of nitrogens with two attached hydrogens (primary N) is 1. The van der Waals surface area contributed by atoms with E-state index in [4.69, 9.17) is 10.3 Å². The Balaban J connectivity index is 2.55. The largest absolute Gasteiger partial charge is 0.324 e. The molecule has 1 aromatic rings. The number of rotatable bonds is 5. The summed E-state index contributed by atoms with van der Waals surface area (Å²) in [4.78, 5) is 0. The van der Waals surface area contributed by atoms with Gasteiger partial charge in [0.25, 0.3) is 10.1 Å². The zero-order chi connectivity index (χ0) is 12.2. The van der Waals surface area contributed by atoms with Crippen LogP contribution in [0.3, 0.4) is 0 Å². The molecule has 0 aliphatic heterocycles. The summed E-state index contributed by atoms with van der Waals surface area (Å²) in [6.07, 6.45) is 1.21. The minimum absolute atomic E-state index is 0.410. The molecule has 0 saturated carbocycles. The summed E-state index contributed by atoms with van der Waals surface area (Å²) in [6, 6.07) is 9.69. The molecule has 0 radical (unpaired) electrons. The smallest absolute Gasteiger partial charge is 0.266 e. The lowest BCUT2D eigenvalue weighted by Crippen LogP contribution is -2.43. The van der Waals surface area contributed by atoms with Gasteiger partial charge in [-0.05, 0) is 25.3 Å². The summed E-state index contributed by atoms with van der Waals surface area (Å²) in [6.45, 7) is 1.63. The van der Waals surface area contributed by atoms with Crippen molar-refractivity contribution < 1.29 is 13.0 Å². The molecule has 5 heteroatoms. The molecule has 0 heterocycles. The maximum Gasteiger partial charge on any atom is 0.266 e. The average molecular weight is 243 g/mol. The van der Waals surface area contributed by atoms with Gasteiger partial charge >= 0.3 is 0 Å². The van der Waals surface area contributed by atoms with Gasteiger partial charge in [-0.25, -0.2) is 0 Å². The summed E-state index contributed by atoms with van der Waals surface area (Å²) in [7, 11) is -4.01. The van der Waals surface area contributed by atoms with E-state index in [1.165, 1.54) is 0 Å². The molecule has 1 aromatic carbocycles. The predicted molar refractivity (Wildman–Crippen MR) is 63.8 cm³/mol. The van der Waals surface area contributed by atoms with Gasteiger partial charge in [0.1, 0.15) is 0 Å². The van der Waals surface area contributed by atoms with Crippen molar-refractivity contribution in [3.05, 3.63) is 35.9 Å². The molecule has 1 atom stereocenters. The van der Waals surface area contributed by atoms with Crippen LogP contribution in [0.4, 0.5) is 0 Å². The van der Waals surface area contributed by atoms with Crippen LogP contribution in [-0.4, -0.2) is 24.3 Å². The van der Waals surface area contributed by atoms with Crippen molar-refractivity contribution in [1.29, 1.82) is 0 Å². The van der Waals surface area contributed by atoms with Gasteiger partial charge < -0.3 is 5.73 Å². The Bertz CT molecular complexity index is 426. The highest BCUT2D eigenvalue weighted by Crippen LogP contribution is 2.13. The van der Waals surface area contributed by atoms with Crippen molar-refractivity contribution in [1.82, 2.24) is 0 Å². The predicted octanol–water partition coefficient (Wildman–Crippen LogP) is 1.22.